The van der Waals surface area contributed by atoms with Gasteiger partial charge in [0.2, 0.25) is 0 Å². The van der Waals surface area contributed by atoms with Crippen LogP contribution in [0.1, 0.15) is 63.1 Å². The van der Waals surface area contributed by atoms with Crippen LogP contribution in [0.5, 0.6) is 5.75 Å². The van der Waals surface area contributed by atoms with E-state index in [1.807, 2.05) is 24.5 Å². The molecule has 198 valence electrons. The molecule has 0 radical (unpaired) electrons. The number of aromatic amines is 1. The summed E-state index contributed by atoms with van der Waals surface area (Å²) in [6, 6.07) is 9.01. The van der Waals surface area contributed by atoms with E-state index in [1.165, 1.54) is 20.3 Å². The highest BCUT2D eigenvalue weighted by molar-refractivity contribution is 5.94. The Bertz CT molecular complexity index is 1570. The minimum Gasteiger partial charge on any atom is -0.494 e. The Labute approximate surface area is 219 Å². The van der Waals surface area contributed by atoms with Crippen LogP contribution in [-0.2, 0) is 14.9 Å². The maximum atomic E-state index is 14.4. The lowest BCUT2D eigenvalue weighted by molar-refractivity contribution is -0.166. The van der Waals surface area contributed by atoms with Crippen LogP contribution in [0.2, 0.25) is 0 Å². The third kappa shape index (κ3) is 3.98. The number of carboxylic acids is 1. The van der Waals surface area contributed by atoms with E-state index in [9.17, 15) is 19.6 Å². The summed E-state index contributed by atoms with van der Waals surface area (Å²) in [6.07, 6.45) is 3.78. The van der Waals surface area contributed by atoms with E-state index in [0.29, 0.717) is 37.0 Å². The minimum absolute atomic E-state index is 0.0236. The quantitative estimate of drug-likeness (QED) is 0.336. The van der Waals surface area contributed by atoms with E-state index in [-0.39, 0.29) is 18.1 Å². The summed E-state index contributed by atoms with van der Waals surface area (Å²) in [7, 11) is 2.87. The van der Waals surface area contributed by atoms with Gasteiger partial charge in [-0.1, -0.05) is 13.8 Å². The molecule has 5 rings (SSSR count). The highest BCUT2D eigenvalue weighted by Crippen LogP contribution is 2.48. The summed E-state index contributed by atoms with van der Waals surface area (Å²) in [5, 5.41) is 27.5. The molecule has 0 spiro atoms. The number of ether oxygens (including phenoxy) is 2. The molecule has 0 amide bonds. The third-order valence-corrected chi connectivity index (χ3v) is 7.92. The van der Waals surface area contributed by atoms with Crippen molar-refractivity contribution in [3.63, 3.8) is 0 Å². The SMILES string of the molecule is COc1cc(-n2c(C(C)(C)CC#N)c([C@H]3CC[C@](OC)(C(=O)O)CC3)c3nc4[nH]ncc4cc32)ccc1F. The highest BCUT2D eigenvalue weighted by atomic mass is 19.1. The van der Waals surface area contributed by atoms with Crippen molar-refractivity contribution in [1.82, 2.24) is 19.7 Å². The fourth-order valence-electron chi connectivity index (χ4n) is 5.86. The molecule has 9 nitrogen and oxygen atoms in total. The molecule has 0 saturated heterocycles. The van der Waals surface area contributed by atoms with Gasteiger partial charge in [-0.25, -0.2) is 14.2 Å². The third-order valence-electron chi connectivity index (χ3n) is 7.92. The van der Waals surface area contributed by atoms with E-state index in [0.717, 1.165) is 27.7 Å². The highest BCUT2D eigenvalue weighted by Gasteiger charge is 2.45. The van der Waals surface area contributed by atoms with Gasteiger partial charge in [-0.15, -0.1) is 0 Å². The number of rotatable bonds is 7. The van der Waals surface area contributed by atoms with Crippen LogP contribution in [0.4, 0.5) is 4.39 Å². The van der Waals surface area contributed by atoms with Gasteiger partial charge in [-0.05, 0) is 49.8 Å². The van der Waals surface area contributed by atoms with Gasteiger partial charge in [-0.3, -0.25) is 5.10 Å². The van der Waals surface area contributed by atoms with E-state index >= 15 is 0 Å². The minimum atomic E-state index is -1.22. The van der Waals surface area contributed by atoms with Crippen molar-refractivity contribution >= 4 is 28.0 Å². The van der Waals surface area contributed by atoms with Crippen LogP contribution in [0.25, 0.3) is 27.8 Å². The second-order valence-electron chi connectivity index (χ2n) is 10.6. The molecule has 3 heterocycles. The maximum absolute atomic E-state index is 14.4. The predicted molar refractivity (Wildman–Crippen MR) is 139 cm³/mol. The average molecular weight is 520 g/mol. The monoisotopic (exact) mass is 519 g/mol. The Kier molecular flexibility index (Phi) is 6.35. The fourth-order valence-corrected chi connectivity index (χ4v) is 5.86. The van der Waals surface area contributed by atoms with Gasteiger partial charge < -0.3 is 19.1 Å². The average Bonchev–Trinajstić information content (AvgIpc) is 3.50. The summed E-state index contributed by atoms with van der Waals surface area (Å²) in [5.74, 6) is -1.35. The molecule has 2 N–H and O–H groups in total. The molecule has 4 aromatic rings. The Morgan fingerprint density at radius 3 is 2.68 bits per heavy atom. The number of aromatic nitrogens is 4. The van der Waals surface area contributed by atoms with Crippen molar-refractivity contribution < 1.29 is 23.8 Å². The molecule has 3 aromatic heterocycles. The van der Waals surface area contributed by atoms with Crippen molar-refractivity contribution in [3.8, 4) is 17.5 Å². The van der Waals surface area contributed by atoms with Crippen LogP contribution in [0.15, 0.2) is 30.5 Å². The molecule has 0 unspecified atom stereocenters. The molecule has 38 heavy (non-hydrogen) atoms. The molecule has 1 fully saturated rings. The largest absolute Gasteiger partial charge is 0.494 e. The zero-order valence-corrected chi connectivity index (χ0v) is 21.8. The van der Waals surface area contributed by atoms with E-state index in [1.54, 1.807) is 18.3 Å². The van der Waals surface area contributed by atoms with Crippen molar-refractivity contribution in [1.29, 1.82) is 5.26 Å². The maximum Gasteiger partial charge on any atom is 0.335 e. The number of halogens is 1. The number of carbonyl (C=O) groups is 1. The first-order valence-electron chi connectivity index (χ1n) is 12.5. The van der Waals surface area contributed by atoms with Crippen molar-refractivity contribution in [3.05, 3.63) is 47.5 Å². The van der Waals surface area contributed by atoms with E-state index in [4.69, 9.17) is 14.5 Å². The van der Waals surface area contributed by atoms with Gasteiger partial charge in [0, 0.05) is 47.3 Å². The summed E-state index contributed by atoms with van der Waals surface area (Å²) in [4.78, 5) is 17.0. The smallest absolute Gasteiger partial charge is 0.335 e. The van der Waals surface area contributed by atoms with Crippen LogP contribution < -0.4 is 4.74 Å². The number of nitrogens with zero attached hydrogens (tertiary/aromatic N) is 4. The lowest BCUT2D eigenvalue weighted by Crippen LogP contribution is -2.43. The lowest BCUT2D eigenvalue weighted by Gasteiger charge is -2.37. The Hall–Kier alpha value is -3.97. The van der Waals surface area contributed by atoms with Gasteiger partial charge in [0.05, 0.1) is 30.4 Å². The second-order valence-corrected chi connectivity index (χ2v) is 10.6. The number of nitriles is 1. The molecule has 1 aromatic carbocycles. The standard InChI is InChI=1S/C28H30FN5O4/c1-27(2,11-12-30)24-22(16-7-9-28(38-4,10-8-16)26(35)36)23-20(13-17-15-31-33-25(17)32-23)34(24)18-5-6-19(29)21(14-18)37-3/h5-6,13-16H,7-11H2,1-4H3,(H,35,36)(H,31,32,33)/t16-,28+. The van der Waals surface area contributed by atoms with Gasteiger partial charge in [-0.2, -0.15) is 10.4 Å². The van der Waals surface area contributed by atoms with Crippen LogP contribution in [0, 0.1) is 17.1 Å². The van der Waals surface area contributed by atoms with Gasteiger partial charge in [0.1, 0.15) is 0 Å². The topological polar surface area (TPSA) is 126 Å². The summed E-state index contributed by atoms with van der Waals surface area (Å²) in [5.41, 5.74) is 2.88. The van der Waals surface area contributed by atoms with Crippen LogP contribution in [0.3, 0.4) is 0 Å². The number of methoxy groups -OCH3 is 2. The number of aliphatic carboxylic acids is 1. The van der Waals surface area contributed by atoms with E-state index < -0.39 is 22.8 Å². The summed E-state index contributed by atoms with van der Waals surface area (Å²) < 4.78 is 27.2. The first-order chi connectivity index (χ1) is 18.2. The molecule has 0 aliphatic heterocycles. The van der Waals surface area contributed by atoms with Crippen molar-refractivity contribution in [2.24, 2.45) is 0 Å². The summed E-state index contributed by atoms with van der Waals surface area (Å²) >= 11 is 0. The molecule has 1 aliphatic rings. The normalized spacial score (nSPS) is 20.1. The lowest BCUT2D eigenvalue weighted by atomic mass is 9.73. The molecule has 0 atom stereocenters. The van der Waals surface area contributed by atoms with Crippen LogP contribution in [-0.4, -0.2) is 50.6 Å². The van der Waals surface area contributed by atoms with Gasteiger partial charge in [0.25, 0.3) is 0 Å². The number of hydrogen-bond acceptors (Lipinski definition) is 6. The molecule has 0 bridgehead atoms. The molecule has 1 saturated carbocycles. The second kappa shape index (κ2) is 9.40. The summed E-state index contributed by atoms with van der Waals surface area (Å²) in [6.45, 7) is 4.02. The molecule has 1 aliphatic carbocycles. The number of pyridine rings is 1. The Morgan fingerprint density at radius 1 is 1.32 bits per heavy atom. The van der Waals surface area contributed by atoms with Gasteiger partial charge in [0.15, 0.2) is 22.8 Å². The van der Waals surface area contributed by atoms with Crippen LogP contribution >= 0.6 is 0 Å². The Morgan fingerprint density at radius 2 is 2.05 bits per heavy atom. The Balaban J connectivity index is 1.82. The van der Waals surface area contributed by atoms with Gasteiger partial charge >= 0.3 is 5.97 Å². The number of fused-ring (bicyclic) bond motifs is 2. The first kappa shape index (κ1) is 25.7. The van der Waals surface area contributed by atoms with Crippen molar-refractivity contribution in [2.75, 3.05) is 14.2 Å². The zero-order valence-electron chi connectivity index (χ0n) is 21.8. The molecular formula is C28H30FN5O4. The number of benzene rings is 1. The predicted octanol–water partition coefficient (Wildman–Crippen LogP) is 5.37. The van der Waals surface area contributed by atoms with Crippen molar-refractivity contribution in [2.45, 2.75) is 62.9 Å². The number of nitrogens with one attached hydrogen (secondary N) is 1. The zero-order chi connectivity index (χ0) is 27.2. The fraction of sp³-hybridized carbons (Fsp3) is 0.429. The molecular weight excluding hydrogens is 489 g/mol. The number of hydrogen-bond donors (Lipinski definition) is 2. The number of H-pyrrole nitrogens is 1. The first-order valence-corrected chi connectivity index (χ1v) is 12.5. The van der Waals surface area contributed by atoms with E-state index in [2.05, 4.69) is 16.3 Å². The molecule has 10 heteroatoms. The number of carboxylic acid groups (broad SMARTS) is 1.